The minimum Gasteiger partial charge on any atom is -0.493 e. The lowest BCUT2D eigenvalue weighted by Crippen LogP contribution is -2.33. The number of aryl methyl sites for hydroxylation is 1. The number of ether oxygens (including phenoxy) is 2. The van der Waals surface area contributed by atoms with Gasteiger partial charge in [0.2, 0.25) is 5.88 Å². The van der Waals surface area contributed by atoms with Crippen molar-refractivity contribution in [1.29, 1.82) is 0 Å². The average molecular weight is 468 g/mol. The molecule has 1 saturated carbocycles. The van der Waals surface area contributed by atoms with Crippen molar-refractivity contribution < 1.29 is 14.3 Å². The highest BCUT2D eigenvalue weighted by molar-refractivity contribution is 5.94. The first-order valence-corrected chi connectivity index (χ1v) is 12.0. The number of carbonyl (C=O) groups is 1. The van der Waals surface area contributed by atoms with Crippen LogP contribution in [0.3, 0.4) is 0 Å². The number of carbonyl (C=O) groups excluding carboxylic acids is 1. The van der Waals surface area contributed by atoms with Gasteiger partial charge in [0.25, 0.3) is 5.91 Å². The number of hydrogen-bond acceptors (Lipinski definition) is 4. The molecule has 3 aromatic carbocycles. The summed E-state index contributed by atoms with van der Waals surface area (Å²) >= 11 is 0. The van der Waals surface area contributed by atoms with E-state index in [9.17, 15) is 4.79 Å². The summed E-state index contributed by atoms with van der Waals surface area (Å²) in [5, 5.41) is 4.93. The van der Waals surface area contributed by atoms with Crippen LogP contribution >= 0.6 is 0 Å². The third kappa shape index (κ3) is 4.78. The summed E-state index contributed by atoms with van der Waals surface area (Å²) in [7, 11) is 1.63. The molecule has 6 heteroatoms. The molecule has 0 N–H and O–H groups in total. The highest BCUT2D eigenvalue weighted by Crippen LogP contribution is 2.38. The van der Waals surface area contributed by atoms with Crippen molar-refractivity contribution in [2.24, 2.45) is 0 Å². The van der Waals surface area contributed by atoms with Crippen LogP contribution in [0.1, 0.15) is 41.4 Å². The van der Waals surface area contributed by atoms with Gasteiger partial charge in [0.1, 0.15) is 0 Å². The predicted octanol–water partition coefficient (Wildman–Crippen LogP) is 6.04. The van der Waals surface area contributed by atoms with Gasteiger partial charge in [-0.15, -0.1) is 0 Å². The van der Waals surface area contributed by atoms with Gasteiger partial charge in [0.05, 0.1) is 30.6 Å². The fourth-order valence-electron chi connectivity index (χ4n) is 4.25. The molecular weight excluding hydrogens is 438 g/mol. The third-order valence-corrected chi connectivity index (χ3v) is 6.23. The second-order valence-electron chi connectivity index (χ2n) is 8.61. The number of hydrogen-bond donors (Lipinski definition) is 0. The van der Waals surface area contributed by atoms with Gasteiger partial charge in [-0.25, -0.2) is 4.68 Å². The lowest BCUT2D eigenvalue weighted by atomic mass is 10.1. The second kappa shape index (κ2) is 10.1. The Kier molecular flexibility index (Phi) is 6.53. The third-order valence-electron chi connectivity index (χ3n) is 6.23. The highest BCUT2D eigenvalue weighted by atomic mass is 16.5. The monoisotopic (exact) mass is 467 g/mol. The molecule has 1 aliphatic rings. The summed E-state index contributed by atoms with van der Waals surface area (Å²) in [6.07, 6.45) is 2.74. The van der Waals surface area contributed by atoms with Crippen LogP contribution in [-0.4, -0.2) is 33.7 Å². The Morgan fingerprint density at radius 3 is 2.20 bits per heavy atom. The van der Waals surface area contributed by atoms with Gasteiger partial charge >= 0.3 is 0 Å². The average Bonchev–Trinajstić information content (AvgIpc) is 3.70. The molecule has 6 nitrogen and oxygen atoms in total. The lowest BCUT2D eigenvalue weighted by Gasteiger charge is -2.23. The second-order valence-corrected chi connectivity index (χ2v) is 8.61. The molecule has 1 fully saturated rings. The van der Waals surface area contributed by atoms with Gasteiger partial charge in [-0.05, 0) is 55.7 Å². The Bertz CT molecular complexity index is 1300. The van der Waals surface area contributed by atoms with E-state index in [0.29, 0.717) is 29.5 Å². The standard InChI is InChI=1S/C29H29N3O3/c1-3-25-24(20-31(22-18-19-22)28(33)21-12-6-4-7-13-21)29(32(30-25)23-14-8-5-9-15-23)35-27-17-11-10-16-26(27)34-2/h4-17,22H,3,18-20H2,1-2H3. The first-order chi connectivity index (χ1) is 17.2. The van der Waals surface area contributed by atoms with Crippen LogP contribution in [0, 0.1) is 0 Å². The molecule has 0 atom stereocenters. The van der Waals surface area contributed by atoms with E-state index in [-0.39, 0.29) is 11.9 Å². The molecule has 0 bridgehead atoms. The van der Waals surface area contributed by atoms with E-state index in [4.69, 9.17) is 14.6 Å². The van der Waals surface area contributed by atoms with Crippen LogP contribution in [0.25, 0.3) is 5.69 Å². The quantitative estimate of drug-likeness (QED) is 0.301. The number of rotatable bonds is 9. The molecule has 0 spiro atoms. The largest absolute Gasteiger partial charge is 0.493 e. The van der Waals surface area contributed by atoms with Gasteiger partial charge < -0.3 is 14.4 Å². The smallest absolute Gasteiger partial charge is 0.254 e. The zero-order chi connectivity index (χ0) is 24.2. The molecule has 0 radical (unpaired) electrons. The van der Waals surface area contributed by atoms with Crippen LogP contribution in [-0.2, 0) is 13.0 Å². The Labute approximate surface area is 205 Å². The van der Waals surface area contributed by atoms with E-state index >= 15 is 0 Å². The van der Waals surface area contributed by atoms with Gasteiger partial charge in [0.15, 0.2) is 11.5 Å². The maximum Gasteiger partial charge on any atom is 0.254 e. The molecule has 0 aliphatic heterocycles. The van der Waals surface area contributed by atoms with Crippen LogP contribution < -0.4 is 9.47 Å². The Balaban J connectivity index is 1.60. The van der Waals surface area contributed by atoms with Gasteiger partial charge in [0, 0.05) is 11.6 Å². The van der Waals surface area contributed by atoms with Crippen LogP contribution in [0.2, 0.25) is 0 Å². The van der Waals surface area contributed by atoms with Crippen molar-refractivity contribution in [3.05, 3.63) is 102 Å². The molecule has 4 aromatic rings. The van der Waals surface area contributed by atoms with E-state index in [2.05, 4.69) is 6.92 Å². The summed E-state index contributed by atoms with van der Waals surface area (Å²) in [6, 6.07) is 27.2. The molecule has 1 amide bonds. The maximum absolute atomic E-state index is 13.5. The Hall–Kier alpha value is -4.06. The number of aromatic nitrogens is 2. The van der Waals surface area contributed by atoms with E-state index in [1.54, 1.807) is 7.11 Å². The normalized spacial score (nSPS) is 12.9. The Morgan fingerprint density at radius 1 is 0.943 bits per heavy atom. The van der Waals surface area contributed by atoms with Gasteiger partial charge in [-0.3, -0.25) is 4.79 Å². The first-order valence-electron chi connectivity index (χ1n) is 12.0. The number of nitrogens with zero attached hydrogens (tertiary/aromatic N) is 3. The van der Waals surface area contributed by atoms with Gasteiger partial charge in [-0.2, -0.15) is 5.10 Å². The number of para-hydroxylation sites is 3. The predicted molar refractivity (Wildman–Crippen MR) is 135 cm³/mol. The molecular formula is C29H29N3O3. The molecule has 35 heavy (non-hydrogen) atoms. The molecule has 0 unspecified atom stereocenters. The fourth-order valence-corrected chi connectivity index (χ4v) is 4.25. The summed E-state index contributed by atoms with van der Waals surface area (Å²) < 4.78 is 13.9. The summed E-state index contributed by atoms with van der Waals surface area (Å²) in [6.45, 7) is 2.51. The van der Waals surface area contributed by atoms with Crippen molar-refractivity contribution in [3.8, 4) is 23.1 Å². The van der Waals surface area contributed by atoms with E-state index in [1.807, 2.05) is 94.5 Å². The van der Waals surface area contributed by atoms with Crippen molar-refractivity contribution >= 4 is 5.91 Å². The minimum atomic E-state index is 0.0332. The molecule has 178 valence electrons. The zero-order valence-electron chi connectivity index (χ0n) is 20.1. The SMILES string of the molecule is CCc1nn(-c2ccccc2)c(Oc2ccccc2OC)c1CN(C(=O)c1ccccc1)C1CC1. The number of amides is 1. The summed E-state index contributed by atoms with van der Waals surface area (Å²) in [5.41, 5.74) is 3.41. The lowest BCUT2D eigenvalue weighted by molar-refractivity contribution is 0.0728. The van der Waals surface area contributed by atoms with Crippen LogP contribution in [0.5, 0.6) is 17.4 Å². The number of benzene rings is 3. The van der Waals surface area contributed by atoms with E-state index in [0.717, 1.165) is 36.2 Å². The van der Waals surface area contributed by atoms with Crippen LogP contribution in [0.4, 0.5) is 0 Å². The molecule has 1 heterocycles. The minimum absolute atomic E-state index is 0.0332. The molecule has 0 saturated heterocycles. The molecule has 1 aliphatic carbocycles. The van der Waals surface area contributed by atoms with E-state index in [1.165, 1.54) is 0 Å². The topological polar surface area (TPSA) is 56.6 Å². The maximum atomic E-state index is 13.5. The van der Waals surface area contributed by atoms with E-state index < -0.39 is 0 Å². The summed E-state index contributed by atoms with van der Waals surface area (Å²) in [5.74, 6) is 1.87. The molecule has 5 rings (SSSR count). The zero-order valence-corrected chi connectivity index (χ0v) is 20.1. The number of methoxy groups -OCH3 is 1. The Morgan fingerprint density at radius 2 is 1.57 bits per heavy atom. The van der Waals surface area contributed by atoms with Crippen molar-refractivity contribution in [2.75, 3.05) is 7.11 Å². The van der Waals surface area contributed by atoms with Crippen molar-refractivity contribution in [2.45, 2.75) is 38.8 Å². The fraction of sp³-hybridized carbons (Fsp3) is 0.241. The van der Waals surface area contributed by atoms with Crippen molar-refractivity contribution in [3.63, 3.8) is 0 Å². The molecule has 1 aromatic heterocycles. The summed E-state index contributed by atoms with van der Waals surface area (Å²) in [4.78, 5) is 15.5. The van der Waals surface area contributed by atoms with Crippen LogP contribution in [0.15, 0.2) is 84.9 Å². The first kappa shape index (κ1) is 22.7. The van der Waals surface area contributed by atoms with Crippen molar-refractivity contribution in [1.82, 2.24) is 14.7 Å². The highest BCUT2D eigenvalue weighted by Gasteiger charge is 2.35. The van der Waals surface area contributed by atoms with Gasteiger partial charge in [-0.1, -0.05) is 55.5 Å².